The summed E-state index contributed by atoms with van der Waals surface area (Å²) in [5.41, 5.74) is -0.646. The molecule has 1 rings (SSSR count). The Bertz CT molecular complexity index is 598. The fraction of sp³-hybridized carbons (Fsp3) is 0.364. The van der Waals surface area contributed by atoms with Crippen LogP contribution in [0.3, 0.4) is 0 Å². The van der Waals surface area contributed by atoms with Crippen LogP contribution in [0.4, 0.5) is 8.78 Å². The molecule has 106 valence electrons. The topological polar surface area (TPSA) is 80.5 Å². The Morgan fingerprint density at radius 2 is 1.79 bits per heavy atom. The summed E-state index contributed by atoms with van der Waals surface area (Å²) in [5, 5.41) is 4.84. The normalized spacial score (nSPS) is 11.4. The van der Waals surface area contributed by atoms with E-state index in [1.807, 2.05) is 0 Å². The summed E-state index contributed by atoms with van der Waals surface area (Å²) in [7, 11) is -4.21. The molecule has 5 nitrogen and oxygen atoms in total. The molecular formula is C11H14F2N2O3S. The first-order valence-electron chi connectivity index (χ1n) is 5.53. The van der Waals surface area contributed by atoms with E-state index in [1.165, 1.54) is 4.90 Å². The third-order valence-electron chi connectivity index (χ3n) is 2.61. The zero-order chi connectivity index (χ0) is 14.8. The van der Waals surface area contributed by atoms with Gasteiger partial charge in [-0.05, 0) is 26.0 Å². The lowest BCUT2D eigenvalue weighted by molar-refractivity contribution is 0.0767. The van der Waals surface area contributed by atoms with Crippen molar-refractivity contribution in [2.75, 3.05) is 13.1 Å². The molecule has 0 aromatic heterocycles. The highest BCUT2D eigenvalue weighted by Gasteiger charge is 2.23. The molecule has 0 bridgehead atoms. The molecule has 1 amide bonds. The summed E-state index contributed by atoms with van der Waals surface area (Å²) in [6.45, 7) is 3.91. The van der Waals surface area contributed by atoms with E-state index in [4.69, 9.17) is 5.14 Å². The summed E-state index contributed by atoms with van der Waals surface area (Å²) >= 11 is 0. The van der Waals surface area contributed by atoms with E-state index in [0.717, 1.165) is 6.07 Å². The van der Waals surface area contributed by atoms with Crippen molar-refractivity contribution in [1.82, 2.24) is 4.90 Å². The van der Waals surface area contributed by atoms with Gasteiger partial charge in [-0.3, -0.25) is 4.79 Å². The molecule has 1 aromatic rings. The molecule has 0 aliphatic rings. The Hall–Kier alpha value is -1.54. The second kappa shape index (κ2) is 5.62. The molecule has 0 aliphatic carbocycles. The van der Waals surface area contributed by atoms with Crippen molar-refractivity contribution in [2.24, 2.45) is 5.14 Å². The van der Waals surface area contributed by atoms with Crippen LogP contribution in [0.15, 0.2) is 17.0 Å². The first-order chi connectivity index (χ1) is 8.72. The Labute approximate surface area is 110 Å². The second-order valence-electron chi connectivity index (χ2n) is 3.79. The zero-order valence-corrected chi connectivity index (χ0v) is 11.3. The van der Waals surface area contributed by atoms with Gasteiger partial charge in [0.05, 0.1) is 10.5 Å². The van der Waals surface area contributed by atoms with E-state index in [-0.39, 0.29) is 13.1 Å². The van der Waals surface area contributed by atoms with Gasteiger partial charge in [0.1, 0.15) is 0 Å². The van der Waals surface area contributed by atoms with E-state index in [2.05, 4.69) is 0 Å². The van der Waals surface area contributed by atoms with Gasteiger partial charge in [-0.2, -0.15) is 0 Å². The van der Waals surface area contributed by atoms with Crippen LogP contribution < -0.4 is 5.14 Å². The largest absolute Gasteiger partial charge is 0.339 e. The molecule has 0 saturated heterocycles. The maximum Gasteiger partial charge on any atom is 0.256 e. The SMILES string of the molecule is CCN(CC)C(=O)c1cc(S(N)(=O)=O)cc(F)c1F. The van der Waals surface area contributed by atoms with Gasteiger partial charge in [-0.25, -0.2) is 22.3 Å². The van der Waals surface area contributed by atoms with Gasteiger partial charge in [0.15, 0.2) is 11.6 Å². The summed E-state index contributed by atoms with van der Waals surface area (Å²) in [6.07, 6.45) is 0. The average Bonchev–Trinajstić information content (AvgIpc) is 2.32. The highest BCUT2D eigenvalue weighted by atomic mass is 32.2. The van der Waals surface area contributed by atoms with Crippen LogP contribution in [0.25, 0.3) is 0 Å². The van der Waals surface area contributed by atoms with Crippen molar-refractivity contribution in [3.63, 3.8) is 0 Å². The van der Waals surface area contributed by atoms with Gasteiger partial charge in [-0.15, -0.1) is 0 Å². The Balaban J connectivity index is 3.43. The lowest BCUT2D eigenvalue weighted by atomic mass is 10.1. The Kier molecular flexibility index (Phi) is 4.59. The molecule has 0 heterocycles. The fourth-order valence-electron chi connectivity index (χ4n) is 1.57. The van der Waals surface area contributed by atoms with E-state index < -0.39 is 38.0 Å². The summed E-state index contributed by atoms with van der Waals surface area (Å²) in [6, 6.07) is 1.19. The number of hydrogen-bond acceptors (Lipinski definition) is 3. The van der Waals surface area contributed by atoms with Gasteiger partial charge in [0, 0.05) is 13.1 Å². The number of amides is 1. The molecule has 1 aromatic carbocycles. The summed E-state index contributed by atoms with van der Waals surface area (Å²) in [4.78, 5) is 12.5. The van der Waals surface area contributed by atoms with E-state index in [0.29, 0.717) is 6.07 Å². The quantitative estimate of drug-likeness (QED) is 0.902. The van der Waals surface area contributed by atoms with Crippen molar-refractivity contribution < 1.29 is 22.0 Å². The van der Waals surface area contributed by atoms with Gasteiger partial charge in [-0.1, -0.05) is 0 Å². The molecule has 0 fully saturated rings. The number of carbonyl (C=O) groups is 1. The van der Waals surface area contributed by atoms with Crippen molar-refractivity contribution in [2.45, 2.75) is 18.7 Å². The molecule has 0 spiro atoms. The van der Waals surface area contributed by atoms with Gasteiger partial charge in [0.2, 0.25) is 10.0 Å². The third kappa shape index (κ3) is 3.27. The maximum atomic E-state index is 13.6. The minimum absolute atomic E-state index is 0.288. The first-order valence-corrected chi connectivity index (χ1v) is 7.08. The molecule has 0 unspecified atom stereocenters. The van der Waals surface area contributed by atoms with Crippen molar-refractivity contribution in [1.29, 1.82) is 0 Å². The van der Waals surface area contributed by atoms with Crippen molar-refractivity contribution >= 4 is 15.9 Å². The predicted octanol–water partition coefficient (Wildman–Crippen LogP) is 1.09. The molecule has 8 heteroatoms. The third-order valence-corrected chi connectivity index (χ3v) is 3.50. The van der Waals surface area contributed by atoms with Crippen LogP contribution in [-0.2, 0) is 10.0 Å². The highest BCUT2D eigenvalue weighted by Crippen LogP contribution is 2.19. The van der Waals surface area contributed by atoms with Crippen molar-refractivity contribution in [3.05, 3.63) is 29.3 Å². The number of halogens is 2. The number of nitrogens with zero attached hydrogens (tertiary/aromatic N) is 1. The number of primary sulfonamides is 1. The standard InChI is InChI=1S/C11H14F2N2O3S/c1-3-15(4-2)11(16)8-5-7(19(14,17)18)6-9(12)10(8)13/h5-6H,3-4H2,1-2H3,(H2,14,17,18). The summed E-state index contributed by atoms with van der Waals surface area (Å²) < 4.78 is 49.2. The Morgan fingerprint density at radius 3 is 2.21 bits per heavy atom. The van der Waals surface area contributed by atoms with Crippen LogP contribution in [0.1, 0.15) is 24.2 Å². The molecule has 19 heavy (non-hydrogen) atoms. The lowest BCUT2D eigenvalue weighted by Crippen LogP contribution is -2.31. The van der Waals surface area contributed by atoms with Crippen LogP contribution in [-0.4, -0.2) is 32.3 Å². The molecule has 2 N–H and O–H groups in total. The average molecular weight is 292 g/mol. The number of carbonyl (C=O) groups excluding carboxylic acids is 1. The van der Waals surface area contributed by atoms with E-state index >= 15 is 0 Å². The van der Waals surface area contributed by atoms with Gasteiger partial charge >= 0.3 is 0 Å². The molecule has 0 radical (unpaired) electrons. The second-order valence-corrected chi connectivity index (χ2v) is 5.35. The first kappa shape index (κ1) is 15.5. The number of hydrogen-bond donors (Lipinski definition) is 1. The molecule has 0 atom stereocenters. The highest BCUT2D eigenvalue weighted by molar-refractivity contribution is 7.89. The van der Waals surface area contributed by atoms with Crippen LogP contribution >= 0.6 is 0 Å². The minimum Gasteiger partial charge on any atom is -0.339 e. The predicted molar refractivity (Wildman–Crippen MR) is 65.0 cm³/mol. The van der Waals surface area contributed by atoms with Gasteiger partial charge in [0.25, 0.3) is 5.91 Å². The monoisotopic (exact) mass is 292 g/mol. The van der Waals surface area contributed by atoms with Gasteiger partial charge < -0.3 is 4.90 Å². The molecular weight excluding hydrogens is 278 g/mol. The fourth-order valence-corrected chi connectivity index (χ4v) is 2.12. The number of benzene rings is 1. The minimum atomic E-state index is -4.21. The van der Waals surface area contributed by atoms with Crippen LogP contribution in [0, 0.1) is 11.6 Å². The van der Waals surface area contributed by atoms with E-state index in [9.17, 15) is 22.0 Å². The van der Waals surface area contributed by atoms with Crippen LogP contribution in [0.5, 0.6) is 0 Å². The smallest absolute Gasteiger partial charge is 0.256 e. The Morgan fingerprint density at radius 1 is 1.26 bits per heavy atom. The number of sulfonamides is 1. The molecule has 0 aliphatic heterocycles. The molecule has 0 saturated carbocycles. The summed E-state index contributed by atoms with van der Waals surface area (Å²) in [5.74, 6) is -3.60. The van der Waals surface area contributed by atoms with Crippen molar-refractivity contribution in [3.8, 4) is 0 Å². The van der Waals surface area contributed by atoms with E-state index in [1.54, 1.807) is 13.8 Å². The zero-order valence-electron chi connectivity index (χ0n) is 10.5. The number of rotatable bonds is 4. The lowest BCUT2D eigenvalue weighted by Gasteiger charge is -2.19. The van der Waals surface area contributed by atoms with Crippen LogP contribution in [0.2, 0.25) is 0 Å². The number of nitrogens with two attached hydrogens (primary N) is 1. The maximum absolute atomic E-state index is 13.6.